The van der Waals surface area contributed by atoms with Crippen LogP contribution in [-0.2, 0) is 4.74 Å². The van der Waals surface area contributed by atoms with Crippen LogP contribution < -0.4 is 4.90 Å². The summed E-state index contributed by atoms with van der Waals surface area (Å²) in [6, 6.07) is 0. The summed E-state index contributed by atoms with van der Waals surface area (Å²) >= 11 is 20.0. The SMILES string of the molecule is CC(C)(C)OC(=O)N1CCN(c2nc(-c3scnc3Cl)nc(Cl)c2Cl)CC1. The van der Waals surface area contributed by atoms with Gasteiger partial charge in [-0.1, -0.05) is 34.8 Å². The van der Waals surface area contributed by atoms with Crippen LogP contribution in [0.3, 0.4) is 0 Å². The number of thiazole rings is 1. The van der Waals surface area contributed by atoms with Gasteiger partial charge in [-0.2, -0.15) is 0 Å². The second-order valence-electron chi connectivity index (χ2n) is 6.90. The van der Waals surface area contributed by atoms with E-state index in [1.165, 1.54) is 11.3 Å². The number of piperazine rings is 1. The molecule has 3 heterocycles. The van der Waals surface area contributed by atoms with Crippen LogP contribution in [0, 0.1) is 0 Å². The monoisotopic (exact) mass is 449 g/mol. The normalized spacial score (nSPS) is 15.2. The summed E-state index contributed by atoms with van der Waals surface area (Å²) in [6.07, 6.45) is -0.328. The Balaban J connectivity index is 1.77. The molecular weight excluding hydrogens is 433 g/mol. The third-order valence-corrected chi connectivity index (χ3v) is 5.69. The number of hydrogen-bond acceptors (Lipinski definition) is 7. The molecule has 0 aromatic carbocycles. The second kappa shape index (κ2) is 7.95. The molecule has 0 aliphatic carbocycles. The Morgan fingerprint density at radius 2 is 1.78 bits per heavy atom. The molecule has 0 N–H and O–H groups in total. The van der Waals surface area contributed by atoms with Crippen LogP contribution in [0.2, 0.25) is 15.3 Å². The fraction of sp³-hybridized carbons (Fsp3) is 0.500. The molecule has 1 saturated heterocycles. The van der Waals surface area contributed by atoms with E-state index in [-0.39, 0.29) is 16.3 Å². The first-order valence-corrected chi connectivity index (χ1v) is 10.2. The van der Waals surface area contributed by atoms with Crippen molar-refractivity contribution in [1.82, 2.24) is 19.9 Å². The highest BCUT2D eigenvalue weighted by atomic mass is 35.5. The molecule has 0 bridgehead atoms. The van der Waals surface area contributed by atoms with E-state index in [9.17, 15) is 4.79 Å². The standard InChI is InChI=1S/C16H18Cl3N5O2S/c1-16(2,3)26-15(25)24-6-4-23(5-7-24)14-9(17)11(18)21-13(22-14)10-12(19)20-8-27-10/h8H,4-7H2,1-3H3. The average molecular weight is 451 g/mol. The lowest BCUT2D eigenvalue weighted by molar-refractivity contribution is 0.0240. The molecule has 1 aliphatic rings. The average Bonchev–Trinajstić information content (AvgIpc) is 3.02. The lowest BCUT2D eigenvalue weighted by Crippen LogP contribution is -2.50. The van der Waals surface area contributed by atoms with E-state index in [1.54, 1.807) is 10.4 Å². The molecule has 2 aromatic heterocycles. The van der Waals surface area contributed by atoms with Crippen LogP contribution >= 0.6 is 46.1 Å². The molecular formula is C16H18Cl3N5O2S. The van der Waals surface area contributed by atoms with E-state index in [2.05, 4.69) is 15.0 Å². The Labute approximate surface area is 176 Å². The molecule has 0 unspecified atom stereocenters. The van der Waals surface area contributed by atoms with E-state index in [4.69, 9.17) is 39.5 Å². The Morgan fingerprint density at radius 3 is 2.33 bits per heavy atom. The summed E-state index contributed by atoms with van der Waals surface area (Å²) in [7, 11) is 0. The minimum Gasteiger partial charge on any atom is -0.444 e. The fourth-order valence-electron chi connectivity index (χ4n) is 2.52. The maximum Gasteiger partial charge on any atom is 0.410 e. The molecule has 11 heteroatoms. The molecule has 1 fully saturated rings. The van der Waals surface area contributed by atoms with Gasteiger partial charge in [-0.25, -0.2) is 19.7 Å². The van der Waals surface area contributed by atoms with Crippen LogP contribution in [0.25, 0.3) is 10.7 Å². The Morgan fingerprint density at radius 1 is 1.11 bits per heavy atom. The third kappa shape index (κ3) is 4.74. The Bertz CT molecular complexity index is 847. The number of carbonyl (C=O) groups excluding carboxylic acids is 1. The molecule has 0 spiro atoms. The number of carbonyl (C=O) groups is 1. The number of anilines is 1. The molecule has 0 saturated carbocycles. The highest BCUT2D eigenvalue weighted by molar-refractivity contribution is 7.13. The van der Waals surface area contributed by atoms with Crippen molar-refractivity contribution < 1.29 is 9.53 Å². The first kappa shape index (κ1) is 20.4. The zero-order valence-corrected chi connectivity index (χ0v) is 18.1. The summed E-state index contributed by atoms with van der Waals surface area (Å²) in [5.74, 6) is 0.890. The summed E-state index contributed by atoms with van der Waals surface area (Å²) < 4.78 is 5.42. The lowest BCUT2D eigenvalue weighted by Gasteiger charge is -2.36. The van der Waals surface area contributed by atoms with Gasteiger partial charge in [-0.15, -0.1) is 11.3 Å². The molecule has 7 nitrogen and oxygen atoms in total. The fourth-order valence-corrected chi connectivity index (χ4v) is 3.83. The van der Waals surface area contributed by atoms with Gasteiger partial charge in [0.2, 0.25) is 0 Å². The largest absolute Gasteiger partial charge is 0.444 e. The third-order valence-electron chi connectivity index (χ3n) is 3.75. The van der Waals surface area contributed by atoms with Crippen molar-refractivity contribution in [2.75, 3.05) is 31.1 Å². The van der Waals surface area contributed by atoms with Crippen LogP contribution in [-0.4, -0.2) is 57.7 Å². The van der Waals surface area contributed by atoms with Crippen LogP contribution in [0.5, 0.6) is 0 Å². The first-order valence-electron chi connectivity index (χ1n) is 8.21. The summed E-state index contributed by atoms with van der Waals surface area (Å²) in [4.78, 5) is 29.2. The molecule has 3 rings (SSSR count). The maximum atomic E-state index is 12.2. The molecule has 2 aromatic rings. The van der Waals surface area contributed by atoms with Crippen molar-refractivity contribution in [1.29, 1.82) is 0 Å². The Hall–Kier alpha value is -1.35. The molecule has 1 aliphatic heterocycles. The van der Waals surface area contributed by atoms with Crippen molar-refractivity contribution in [3.63, 3.8) is 0 Å². The molecule has 146 valence electrons. The van der Waals surface area contributed by atoms with Gasteiger partial charge >= 0.3 is 6.09 Å². The predicted octanol–water partition coefficient (Wildman–Crippen LogP) is 4.62. The minimum absolute atomic E-state index is 0.149. The van der Waals surface area contributed by atoms with Gasteiger partial charge in [0.05, 0.1) is 5.51 Å². The van der Waals surface area contributed by atoms with Gasteiger partial charge in [-0.3, -0.25) is 0 Å². The topological polar surface area (TPSA) is 71.5 Å². The zero-order chi connectivity index (χ0) is 19.8. The smallest absolute Gasteiger partial charge is 0.410 e. The molecule has 27 heavy (non-hydrogen) atoms. The van der Waals surface area contributed by atoms with Crippen molar-refractivity contribution >= 4 is 58.1 Å². The second-order valence-corrected chi connectivity index (χ2v) is 8.85. The van der Waals surface area contributed by atoms with Gasteiger partial charge in [-0.05, 0) is 20.8 Å². The number of halogens is 3. The molecule has 1 amide bonds. The highest BCUT2D eigenvalue weighted by Gasteiger charge is 2.28. The van der Waals surface area contributed by atoms with Crippen molar-refractivity contribution in [2.45, 2.75) is 26.4 Å². The van der Waals surface area contributed by atoms with Crippen LogP contribution in [0.15, 0.2) is 5.51 Å². The van der Waals surface area contributed by atoms with Gasteiger partial charge in [0.15, 0.2) is 21.9 Å². The van der Waals surface area contributed by atoms with Gasteiger partial charge in [0, 0.05) is 26.2 Å². The lowest BCUT2D eigenvalue weighted by atomic mass is 10.2. The van der Waals surface area contributed by atoms with Crippen molar-refractivity contribution in [2.24, 2.45) is 0 Å². The van der Waals surface area contributed by atoms with E-state index < -0.39 is 5.60 Å². The summed E-state index contributed by atoms with van der Waals surface area (Å²) in [6.45, 7) is 7.60. The minimum atomic E-state index is -0.527. The van der Waals surface area contributed by atoms with Gasteiger partial charge in [0.25, 0.3) is 0 Å². The van der Waals surface area contributed by atoms with Crippen molar-refractivity contribution in [3.8, 4) is 10.7 Å². The number of aromatic nitrogens is 3. The van der Waals surface area contributed by atoms with E-state index in [1.807, 2.05) is 25.7 Å². The maximum absolute atomic E-state index is 12.2. The number of ether oxygens (including phenoxy) is 1. The Kier molecular flexibility index (Phi) is 6.00. The molecule has 0 atom stereocenters. The highest BCUT2D eigenvalue weighted by Crippen LogP contribution is 2.36. The summed E-state index contributed by atoms with van der Waals surface area (Å²) in [5.41, 5.74) is 1.09. The van der Waals surface area contributed by atoms with E-state index in [0.29, 0.717) is 47.9 Å². The van der Waals surface area contributed by atoms with E-state index in [0.717, 1.165) is 0 Å². The number of amides is 1. The quantitative estimate of drug-likeness (QED) is 0.622. The number of rotatable bonds is 2. The number of nitrogens with zero attached hydrogens (tertiary/aromatic N) is 5. The predicted molar refractivity (Wildman–Crippen MR) is 108 cm³/mol. The van der Waals surface area contributed by atoms with Gasteiger partial charge in [0.1, 0.15) is 15.5 Å². The number of hydrogen-bond donors (Lipinski definition) is 0. The van der Waals surface area contributed by atoms with Gasteiger partial charge < -0.3 is 14.5 Å². The van der Waals surface area contributed by atoms with Crippen LogP contribution in [0.4, 0.5) is 10.6 Å². The zero-order valence-electron chi connectivity index (χ0n) is 15.0. The van der Waals surface area contributed by atoms with Crippen molar-refractivity contribution in [3.05, 3.63) is 20.8 Å². The van der Waals surface area contributed by atoms with Crippen LogP contribution in [0.1, 0.15) is 20.8 Å². The summed E-state index contributed by atoms with van der Waals surface area (Å²) in [5, 5.41) is 0.738. The molecule has 0 radical (unpaired) electrons. The first-order chi connectivity index (χ1) is 12.7. The van der Waals surface area contributed by atoms with E-state index >= 15 is 0 Å².